The summed E-state index contributed by atoms with van der Waals surface area (Å²) in [5, 5.41) is 35.7. The molecule has 0 aromatic heterocycles. The zero-order valence-electron chi connectivity index (χ0n) is 18.9. The van der Waals surface area contributed by atoms with E-state index in [2.05, 4.69) is 21.3 Å². The molecule has 0 aliphatic carbocycles. The number of primary amides is 2. The zero-order valence-corrected chi connectivity index (χ0v) is 18.9. The number of ether oxygens (including phenoxy) is 2. The second-order valence-electron chi connectivity index (χ2n) is 6.90. The van der Waals surface area contributed by atoms with Crippen molar-refractivity contribution in [2.24, 2.45) is 11.5 Å². The van der Waals surface area contributed by atoms with E-state index in [1.807, 2.05) is 0 Å². The first-order chi connectivity index (χ1) is 16.5. The van der Waals surface area contributed by atoms with Gasteiger partial charge in [0.2, 0.25) is 23.6 Å². The van der Waals surface area contributed by atoms with Crippen LogP contribution in [-0.2, 0) is 33.4 Å². The molecular formula is C18H32N6O11. The van der Waals surface area contributed by atoms with Gasteiger partial charge in [-0.3, -0.25) is 24.0 Å². The van der Waals surface area contributed by atoms with Crippen LogP contribution in [0.3, 0.4) is 0 Å². The molecule has 0 aliphatic rings. The molecule has 0 unspecified atom stereocenters. The Kier molecular flexibility index (Phi) is 16.1. The van der Waals surface area contributed by atoms with E-state index in [-0.39, 0.29) is 32.8 Å². The standard InChI is InChI=1S/C18H32N6O11/c19-15(30)10(1-2-14(28)29)23-18(33)24-12(8-26)17(32)21-3-4-34-5-6-35-9-13(27)22-11(7-25)16(20)31/h10-12,25-26H,1-9H2,(H2,19,30)(H2,20,31)(H,21,32)(H,22,27)(H,28,29)(H2,23,24,33)/t10-,11-,12-/m0/s1. The summed E-state index contributed by atoms with van der Waals surface area (Å²) in [7, 11) is 0. The van der Waals surface area contributed by atoms with Gasteiger partial charge in [0.05, 0.1) is 33.0 Å². The summed E-state index contributed by atoms with van der Waals surface area (Å²) in [6.07, 6.45) is -0.675. The van der Waals surface area contributed by atoms with Crippen molar-refractivity contribution in [2.45, 2.75) is 31.0 Å². The van der Waals surface area contributed by atoms with Crippen LogP contribution in [-0.4, -0.2) is 115 Å². The second-order valence-corrected chi connectivity index (χ2v) is 6.90. The summed E-state index contributed by atoms with van der Waals surface area (Å²) in [5.74, 6) is -4.47. The fraction of sp³-hybridized carbons (Fsp3) is 0.667. The first kappa shape index (κ1) is 31.5. The molecule has 0 bridgehead atoms. The van der Waals surface area contributed by atoms with Crippen LogP contribution in [0.1, 0.15) is 12.8 Å². The minimum absolute atomic E-state index is 0.00156. The highest BCUT2D eigenvalue weighted by Crippen LogP contribution is 1.97. The lowest BCUT2D eigenvalue weighted by Crippen LogP contribution is -2.55. The Morgan fingerprint density at radius 3 is 1.89 bits per heavy atom. The van der Waals surface area contributed by atoms with Crippen LogP contribution < -0.4 is 32.7 Å². The maximum atomic E-state index is 12.1. The Hall–Kier alpha value is -3.54. The molecule has 6 amide bonds. The Morgan fingerprint density at radius 2 is 1.34 bits per heavy atom. The third kappa shape index (κ3) is 15.1. The third-order valence-electron chi connectivity index (χ3n) is 4.11. The van der Waals surface area contributed by atoms with Gasteiger partial charge in [-0.15, -0.1) is 0 Å². The molecule has 17 heteroatoms. The number of nitrogens with one attached hydrogen (secondary N) is 4. The van der Waals surface area contributed by atoms with Crippen molar-refractivity contribution in [1.29, 1.82) is 0 Å². The zero-order chi connectivity index (χ0) is 26.8. The van der Waals surface area contributed by atoms with Gasteiger partial charge < -0.3 is 57.5 Å². The van der Waals surface area contributed by atoms with Crippen molar-refractivity contribution in [3.8, 4) is 0 Å². The van der Waals surface area contributed by atoms with Gasteiger partial charge in [-0.2, -0.15) is 0 Å². The van der Waals surface area contributed by atoms with Crippen molar-refractivity contribution >= 4 is 35.6 Å². The first-order valence-electron chi connectivity index (χ1n) is 10.3. The fourth-order valence-electron chi connectivity index (χ4n) is 2.30. The van der Waals surface area contributed by atoms with E-state index < -0.39 is 80.0 Å². The number of carboxylic acid groups (broad SMARTS) is 1. The summed E-state index contributed by atoms with van der Waals surface area (Å²) in [4.78, 5) is 68.3. The van der Waals surface area contributed by atoms with E-state index in [9.17, 15) is 33.9 Å². The predicted octanol–water partition coefficient (Wildman–Crippen LogP) is -5.52. The third-order valence-corrected chi connectivity index (χ3v) is 4.11. The van der Waals surface area contributed by atoms with Crippen LogP contribution in [0, 0.1) is 0 Å². The highest BCUT2D eigenvalue weighted by atomic mass is 16.5. The van der Waals surface area contributed by atoms with Crippen molar-refractivity contribution < 1.29 is 53.6 Å². The average Bonchev–Trinajstić information content (AvgIpc) is 2.79. The number of aliphatic hydroxyl groups is 2. The Morgan fingerprint density at radius 1 is 0.771 bits per heavy atom. The van der Waals surface area contributed by atoms with Crippen LogP contribution in [0.25, 0.3) is 0 Å². The summed E-state index contributed by atoms with van der Waals surface area (Å²) in [6, 6.07) is -4.87. The Labute approximate surface area is 199 Å². The molecule has 0 radical (unpaired) electrons. The van der Waals surface area contributed by atoms with Crippen molar-refractivity contribution in [1.82, 2.24) is 21.3 Å². The number of urea groups is 1. The van der Waals surface area contributed by atoms with Gasteiger partial charge in [0, 0.05) is 13.0 Å². The van der Waals surface area contributed by atoms with E-state index in [0.29, 0.717) is 0 Å². The van der Waals surface area contributed by atoms with E-state index in [1.54, 1.807) is 0 Å². The highest BCUT2D eigenvalue weighted by Gasteiger charge is 2.23. The van der Waals surface area contributed by atoms with Crippen molar-refractivity contribution in [3.05, 3.63) is 0 Å². The molecule has 200 valence electrons. The topological polar surface area (TPSA) is 282 Å². The highest BCUT2D eigenvalue weighted by molar-refractivity contribution is 5.90. The molecule has 0 aromatic carbocycles. The quantitative estimate of drug-likeness (QED) is 0.0741. The molecule has 0 rings (SSSR count). The first-order valence-corrected chi connectivity index (χ1v) is 10.3. The number of hydrogen-bond donors (Lipinski definition) is 9. The van der Waals surface area contributed by atoms with Crippen LogP contribution in [0.4, 0.5) is 4.79 Å². The van der Waals surface area contributed by atoms with E-state index in [1.165, 1.54) is 0 Å². The lowest BCUT2D eigenvalue weighted by Gasteiger charge is -2.19. The van der Waals surface area contributed by atoms with Crippen LogP contribution in [0.15, 0.2) is 0 Å². The summed E-state index contributed by atoms with van der Waals surface area (Å²) in [6.45, 7) is -1.73. The van der Waals surface area contributed by atoms with Crippen molar-refractivity contribution in [2.75, 3.05) is 46.2 Å². The van der Waals surface area contributed by atoms with Gasteiger partial charge >= 0.3 is 12.0 Å². The lowest BCUT2D eigenvalue weighted by atomic mass is 10.1. The molecule has 11 N–H and O–H groups in total. The molecule has 0 saturated carbocycles. The number of amides is 6. The monoisotopic (exact) mass is 508 g/mol. The van der Waals surface area contributed by atoms with E-state index in [0.717, 1.165) is 0 Å². The van der Waals surface area contributed by atoms with Gasteiger partial charge in [-0.1, -0.05) is 0 Å². The summed E-state index contributed by atoms with van der Waals surface area (Å²) >= 11 is 0. The van der Waals surface area contributed by atoms with E-state index >= 15 is 0 Å². The van der Waals surface area contributed by atoms with E-state index in [4.69, 9.17) is 31.2 Å². The average molecular weight is 508 g/mol. The van der Waals surface area contributed by atoms with Gasteiger partial charge in [0.15, 0.2) is 0 Å². The maximum absolute atomic E-state index is 12.1. The lowest BCUT2D eigenvalue weighted by molar-refractivity contribution is -0.137. The molecule has 0 spiro atoms. The molecular weight excluding hydrogens is 476 g/mol. The SMILES string of the molecule is NC(=O)[C@H](CO)NC(=O)COCCOCCNC(=O)[C@H](CO)NC(=O)N[C@@H](CCC(=O)O)C(N)=O. The fourth-order valence-corrected chi connectivity index (χ4v) is 2.30. The molecule has 3 atom stereocenters. The number of hydrogen-bond acceptors (Lipinski definition) is 10. The van der Waals surface area contributed by atoms with Crippen LogP contribution in [0.5, 0.6) is 0 Å². The normalized spacial score (nSPS) is 13.1. The minimum Gasteiger partial charge on any atom is -0.481 e. The summed E-state index contributed by atoms with van der Waals surface area (Å²) < 4.78 is 10.2. The number of rotatable bonds is 19. The number of aliphatic carboxylic acids is 1. The molecule has 17 nitrogen and oxygen atoms in total. The Bertz CT molecular complexity index is 736. The van der Waals surface area contributed by atoms with Gasteiger partial charge in [-0.25, -0.2) is 4.79 Å². The van der Waals surface area contributed by atoms with Gasteiger partial charge in [0.25, 0.3) is 0 Å². The van der Waals surface area contributed by atoms with Gasteiger partial charge in [0.1, 0.15) is 24.7 Å². The van der Waals surface area contributed by atoms with Crippen molar-refractivity contribution in [3.63, 3.8) is 0 Å². The smallest absolute Gasteiger partial charge is 0.316 e. The number of aliphatic hydroxyl groups excluding tert-OH is 2. The molecule has 0 fully saturated rings. The maximum Gasteiger partial charge on any atom is 0.316 e. The number of carbonyl (C=O) groups is 6. The Balaban J connectivity index is 4.13. The number of nitrogens with two attached hydrogens (primary N) is 2. The summed E-state index contributed by atoms with van der Waals surface area (Å²) in [5.41, 5.74) is 10.1. The minimum atomic E-state index is -1.37. The van der Waals surface area contributed by atoms with Gasteiger partial charge in [-0.05, 0) is 6.42 Å². The van der Waals surface area contributed by atoms with Crippen LogP contribution in [0.2, 0.25) is 0 Å². The number of carboxylic acids is 1. The molecule has 35 heavy (non-hydrogen) atoms. The largest absolute Gasteiger partial charge is 0.481 e. The molecule has 0 aliphatic heterocycles. The molecule has 0 saturated heterocycles. The molecule has 0 aromatic rings. The van der Waals surface area contributed by atoms with Crippen LogP contribution >= 0.6 is 0 Å². The molecule has 0 heterocycles. The second kappa shape index (κ2) is 17.9. The predicted molar refractivity (Wildman–Crippen MR) is 115 cm³/mol. The number of carbonyl (C=O) groups excluding carboxylic acids is 5.